The Hall–Kier alpha value is -2.42. The molecule has 2 N–H and O–H groups in total. The number of imide groups is 1. The summed E-state index contributed by atoms with van der Waals surface area (Å²) >= 11 is 1.33. The van der Waals surface area contributed by atoms with Crippen molar-refractivity contribution < 1.29 is 14.4 Å². The first kappa shape index (κ1) is 18.9. The minimum absolute atomic E-state index is 0.353. The average Bonchev–Trinajstić information content (AvgIpc) is 3.26. The summed E-state index contributed by atoms with van der Waals surface area (Å²) in [5.74, 6) is -0.374. The number of fused-ring (bicyclic) bond motifs is 1. The van der Waals surface area contributed by atoms with Gasteiger partial charge < -0.3 is 5.32 Å². The van der Waals surface area contributed by atoms with Gasteiger partial charge in [-0.3, -0.25) is 19.7 Å². The number of rotatable bonds is 4. The fourth-order valence-electron chi connectivity index (χ4n) is 4.07. The number of hydrazine groups is 1. The van der Waals surface area contributed by atoms with Gasteiger partial charge in [0.2, 0.25) is 0 Å². The summed E-state index contributed by atoms with van der Waals surface area (Å²) in [6.45, 7) is 6.91. The number of nitrogens with one attached hydrogen (secondary N) is 2. The molecule has 4 rings (SSSR count). The highest BCUT2D eigenvalue weighted by Gasteiger charge is 2.52. The molecule has 1 aliphatic heterocycles. The summed E-state index contributed by atoms with van der Waals surface area (Å²) in [6, 6.07) is 1.23. The van der Waals surface area contributed by atoms with Gasteiger partial charge in [-0.05, 0) is 31.7 Å². The number of amides is 4. The number of hydrogen-bond donors (Lipinski definition) is 2. The van der Waals surface area contributed by atoms with Crippen LogP contribution in [0.15, 0.2) is 6.07 Å². The van der Waals surface area contributed by atoms with Crippen LogP contribution in [0.5, 0.6) is 0 Å². The highest BCUT2D eigenvalue weighted by Crippen LogP contribution is 2.33. The van der Waals surface area contributed by atoms with Gasteiger partial charge in [0.05, 0.1) is 10.6 Å². The van der Waals surface area contributed by atoms with Gasteiger partial charge in [-0.25, -0.2) is 4.79 Å². The number of thiophene rings is 1. The Balaban J connectivity index is 1.55. The van der Waals surface area contributed by atoms with E-state index < -0.39 is 17.5 Å². The molecule has 0 radical (unpaired) electrons. The second-order valence-electron chi connectivity index (χ2n) is 8.15. The van der Waals surface area contributed by atoms with Crippen LogP contribution in [0.2, 0.25) is 0 Å². The minimum atomic E-state index is -0.850. The molecule has 1 spiro atoms. The lowest BCUT2D eigenvalue weighted by atomic mass is 9.82. The van der Waals surface area contributed by atoms with Crippen LogP contribution in [-0.4, -0.2) is 38.2 Å². The van der Waals surface area contributed by atoms with Crippen LogP contribution in [0.3, 0.4) is 0 Å². The van der Waals surface area contributed by atoms with Crippen molar-refractivity contribution in [1.82, 2.24) is 25.5 Å². The average molecular weight is 404 g/mol. The van der Waals surface area contributed by atoms with Crippen LogP contribution in [0.4, 0.5) is 4.79 Å². The first-order chi connectivity index (χ1) is 13.3. The zero-order valence-corrected chi connectivity index (χ0v) is 17.2. The summed E-state index contributed by atoms with van der Waals surface area (Å²) in [6.07, 6.45) is 4.10. The van der Waals surface area contributed by atoms with E-state index in [0.29, 0.717) is 23.6 Å². The molecule has 0 unspecified atom stereocenters. The van der Waals surface area contributed by atoms with Crippen molar-refractivity contribution in [2.24, 2.45) is 5.92 Å². The minimum Gasteiger partial charge on any atom is -0.322 e. The fraction of sp³-hybridized carbons (Fsp3) is 0.579. The molecule has 1 aliphatic carbocycles. The lowest BCUT2D eigenvalue weighted by molar-refractivity contribution is -0.134. The molecular weight excluding hydrogens is 378 g/mol. The number of urea groups is 1. The first-order valence-electron chi connectivity index (χ1n) is 9.75. The van der Waals surface area contributed by atoms with E-state index in [-0.39, 0.29) is 5.91 Å². The SMILES string of the molecule is Cc1nn(CC(C)C)c2sc(C(=O)NN3C(=O)NC4(CCCCC4)C3=O)cc12. The molecule has 150 valence electrons. The molecule has 0 aromatic carbocycles. The van der Waals surface area contributed by atoms with E-state index in [1.165, 1.54) is 11.3 Å². The summed E-state index contributed by atoms with van der Waals surface area (Å²) in [5, 5.41) is 9.12. The molecule has 1 saturated carbocycles. The van der Waals surface area contributed by atoms with Gasteiger partial charge in [0, 0.05) is 11.9 Å². The van der Waals surface area contributed by atoms with Gasteiger partial charge in [0.1, 0.15) is 10.4 Å². The normalized spacial score (nSPS) is 19.1. The monoisotopic (exact) mass is 403 g/mol. The van der Waals surface area contributed by atoms with Gasteiger partial charge in [0.25, 0.3) is 11.8 Å². The maximum absolute atomic E-state index is 12.8. The number of aryl methyl sites for hydroxylation is 1. The molecule has 1 saturated heterocycles. The van der Waals surface area contributed by atoms with Gasteiger partial charge >= 0.3 is 6.03 Å². The van der Waals surface area contributed by atoms with Crippen molar-refractivity contribution in [3.05, 3.63) is 16.6 Å². The smallest absolute Gasteiger partial charge is 0.322 e. The van der Waals surface area contributed by atoms with E-state index >= 15 is 0 Å². The molecule has 3 heterocycles. The standard InChI is InChI=1S/C19H25N5O3S/c1-11(2)10-23-16-13(12(3)21-23)9-14(28-16)15(25)22-24-17(26)19(20-18(24)27)7-5-4-6-8-19/h9,11H,4-8,10H2,1-3H3,(H,20,27)(H,22,25). The predicted molar refractivity (Wildman–Crippen MR) is 106 cm³/mol. The van der Waals surface area contributed by atoms with E-state index in [4.69, 9.17) is 0 Å². The molecule has 2 fully saturated rings. The predicted octanol–water partition coefficient (Wildman–Crippen LogP) is 2.96. The van der Waals surface area contributed by atoms with Crippen molar-refractivity contribution >= 4 is 39.4 Å². The fourth-order valence-corrected chi connectivity index (χ4v) is 5.13. The highest BCUT2D eigenvalue weighted by molar-refractivity contribution is 7.20. The van der Waals surface area contributed by atoms with Crippen LogP contribution in [0.25, 0.3) is 10.2 Å². The van der Waals surface area contributed by atoms with Crippen molar-refractivity contribution in [1.29, 1.82) is 0 Å². The zero-order valence-electron chi connectivity index (χ0n) is 16.4. The second-order valence-corrected chi connectivity index (χ2v) is 9.18. The van der Waals surface area contributed by atoms with Gasteiger partial charge in [-0.1, -0.05) is 33.1 Å². The summed E-state index contributed by atoms with van der Waals surface area (Å²) in [4.78, 5) is 39.3. The molecule has 2 aromatic heterocycles. The van der Waals surface area contributed by atoms with Crippen LogP contribution < -0.4 is 10.7 Å². The molecule has 2 aliphatic rings. The maximum atomic E-state index is 12.8. The highest BCUT2D eigenvalue weighted by atomic mass is 32.1. The Morgan fingerprint density at radius 2 is 2.04 bits per heavy atom. The van der Waals surface area contributed by atoms with E-state index in [1.807, 2.05) is 11.6 Å². The van der Waals surface area contributed by atoms with E-state index in [2.05, 4.69) is 29.7 Å². The molecule has 0 bridgehead atoms. The van der Waals surface area contributed by atoms with Gasteiger partial charge in [0.15, 0.2) is 0 Å². The number of nitrogens with zero attached hydrogens (tertiary/aromatic N) is 3. The number of carbonyl (C=O) groups excluding carboxylic acids is 3. The molecule has 28 heavy (non-hydrogen) atoms. The molecule has 9 heteroatoms. The Labute approximate surface area is 167 Å². The third kappa shape index (κ3) is 3.07. The maximum Gasteiger partial charge on any atom is 0.344 e. The van der Waals surface area contributed by atoms with Gasteiger partial charge in [-0.15, -0.1) is 11.3 Å². The van der Waals surface area contributed by atoms with Crippen molar-refractivity contribution in [2.75, 3.05) is 0 Å². The van der Waals surface area contributed by atoms with Crippen LogP contribution in [-0.2, 0) is 11.3 Å². The van der Waals surface area contributed by atoms with Crippen LogP contribution in [0.1, 0.15) is 61.3 Å². The largest absolute Gasteiger partial charge is 0.344 e. The van der Waals surface area contributed by atoms with Crippen molar-refractivity contribution in [3.8, 4) is 0 Å². The van der Waals surface area contributed by atoms with E-state index in [0.717, 1.165) is 46.7 Å². The summed E-state index contributed by atoms with van der Waals surface area (Å²) < 4.78 is 1.92. The third-order valence-corrected chi connectivity index (χ3v) is 6.60. The number of aromatic nitrogens is 2. The topological polar surface area (TPSA) is 96.3 Å². The number of hydrogen-bond acceptors (Lipinski definition) is 5. The molecular formula is C19H25N5O3S. The lowest BCUT2D eigenvalue weighted by Crippen LogP contribution is -2.50. The Bertz CT molecular complexity index is 954. The molecule has 4 amide bonds. The molecule has 0 atom stereocenters. The van der Waals surface area contributed by atoms with Crippen LogP contribution in [0, 0.1) is 12.8 Å². The van der Waals surface area contributed by atoms with Crippen LogP contribution >= 0.6 is 11.3 Å². The van der Waals surface area contributed by atoms with Crippen molar-refractivity contribution in [3.63, 3.8) is 0 Å². The quantitative estimate of drug-likeness (QED) is 0.767. The molecule has 8 nitrogen and oxygen atoms in total. The third-order valence-electron chi connectivity index (χ3n) is 5.45. The Morgan fingerprint density at radius 1 is 1.32 bits per heavy atom. The Kier molecular flexibility index (Phi) is 4.65. The summed E-state index contributed by atoms with van der Waals surface area (Å²) in [5.41, 5.74) is 2.52. The summed E-state index contributed by atoms with van der Waals surface area (Å²) in [7, 11) is 0. The van der Waals surface area contributed by atoms with Crippen molar-refractivity contribution in [2.45, 2.75) is 65.0 Å². The van der Waals surface area contributed by atoms with Gasteiger partial charge in [-0.2, -0.15) is 10.1 Å². The molecule has 2 aromatic rings. The lowest BCUT2D eigenvalue weighted by Gasteiger charge is -2.30. The van der Waals surface area contributed by atoms with E-state index in [1.54, 1.807) is 6.07 Å². The zero-order chi connectivity index (χ0) is 20.1. The number of carbonyl (C=O) groups is 3. The second kappa shape index (κ2) is 6.88. The first-order valence-corrected chi connectivity index (χ1v) is 10.6. The Morgan fingerprint density at radius 3 is 2.71 bits per heavy atom. The van der Waals surface area contributed by atoms with E-state index in [9.17, 15) is 14.4 Å².